The van der Waals surface area contributed by atoms with E-state index in [1.54, 1.807) is 6.07 Å². The monoisotopic (exact) mass is 472 g/mol. The summed E-state index contributed by atoms with van der Waals surface area (Å²) in [5.41, 5.74) is 0.101. The molecular weight excluding hydrogens is 464 g/mol. The van der Waals surface area contributed by atoms with E-state index in [9.17, 15) is 24.8 Å². The van der Waals surface area contributed by atoms with Crippen molar-refractivity contribution in [2.75, 3.05) is 11.9 Å². The second kappa shape index (κ2) is 8.08. The highest BCUT2D eigenvalue weighted by molar-refractivity contribution is 9.11. The Hall–Kier alpha value is -2.46. The first-order valence-corrected chi connectivity index (χ1v) is 8.26. The molecule has 0 aliphatic rings. The van der Waals surface area contributed by atoms with Gasteiger partial charge in [-0.1, -0.05) is 15.9 Å². The minimum absolute atomic E-state index is 0.107. The van der Waals surface area contributed by atoms with Gasteiger partial charge in [-0.15, -0.1) is 0 Å². The predicted octanol–water partition coefficient (Wildman–Crippen LogP) is 3.62. The number of carbonyl (C=O) groups is 2. The van der Waals surface area contributed by atoms with E-state index in [-0.39, 0.29) is 17.0 Å². The Morgan fingerprint density at radius 3 is 2.44 bits per heavy atom. The summed E-state index contributed by atoms with van der Waals surface area (Å²) in [5.74, 6) is -1.81. The summed E-state index contributed by atoms with van der Waals surface area (Å²) >= 11 is 6.27. The van der Waals surface area contributed by atoms with Crippen molar-refractivity contribution in [3.05, 3.63) is 61.0 Å². The third-order valence-corrected chi connectivity index (χ3v) is 4.01. The number of rotatable bonds is 5. The number of esters is 1. The number of benzene rings is 2. The maximum absolute atomic E-state index is 12.0. The lowest BCUT2D eigenvalue weighted by molar-refractivity contribution is -0.384. The number of nitrogens with one attached hydrogen (secondary N) is 1. The van der Waals surface area contributed by atoms with Crippen LogP contribution in [0.5, 0.6) is 5.75 Å². The van der Waals surface area contributed by atoms with Crippen LogP contribution in [-0.2, 0) is 9.53 Å². The Kier molecular flexibility index (Phi) is 6.10. The second-order valence-corrected chi connectivity index (χ2v) is 6.48. The number of nitro benzene ring substituents is 1. The summed E-state index contributed by atoms with van der Waals surface area (Å²) in [4.78, 5) is 33.7. The number of nitro groups is 1. The number of hydrogen-bond acceptors (Lipinski definition) is 6. The van der Waals surface area contributed by atoms with Gasteiger partial charge < -0.3 is 15.2 Å². The molecule has 2 aromatic rings. The van der Waals surface area contributed by atoms with E-state index in [1.165, 1.54) is 30.3 Å². The van der Waals surface area contributed by atoms with Gasteiger partial charge in [0.05, 0.1) is 9.40 Å². The molecule has 25 heavy (non-hydrogen) atoms. The molecule has 2 aromatic carbocycles. The minimum atomic E-state index is -0.877. The van der Waals surface area contributed by atoms with Crippen LogP contribution in [0.4, 0.5) is 11.4 Å². The topological polar surface area (TPSA) is 119 Å². The van der Waals surface area contributed by atoms with Gasteiger partial charge in [-0.2, -0.15) is 0 Å². The molecule has 0 saturated heterocycles. The normalized spacial score (nSPS) is 10.2. The highest BCUT2D eigenvalue weighted by Gasteiger charge is 2.17. The van der Waals surface area contributed by atoms with Crippen molar-refractivity contribution < 1.29 is 24.4 Å². The average molecular weight is 474 g/mol. The van der Waals surface area contributed by atoms with Crippen molar-refractivity contribution in [1.82, 2.24) is 0 Å². The van der Waals surface area contributed by atoms with E-state index in [0.29, 0.717) is 14.6 Å². The van der Waals surface area contributed by atoms with Gasteiger partial charge >= 0.3 is 5.97 Å². The molecule has 130 valence electrons. The van der Waals surface area contributed by atoms with Gasteiger partial charge in [-0.05, 0) is 40.2 Å². The van der Waals surface area contributed by atoms with E-state index < -0.39 is 23.4 Å². The van der Waals surface area contributed by atoms with Crippen molar-refractivity contribution in [2.45, 2.75) is 0 Å². The Morgan fingerprint density at radius 1 is 1.20 bits per heavy atom. The van der Waals surface area contributed by atoms with Crippen LogP contribution in [0.1, 0.15) is 10.4 Å². The van der Waals surface area contributed by atoms with Gasteiger partial charge in [0.2, 0.25) is 0 Å². The largest absolute Gasteiger partial charge is 0.506 e. The molecule has 0 unspecified atom stereocenters. The summed E-state index contributed by atoms with van der Waals surface area (Å²) in [6.07, 6.45) is 0. The molecule has 0 heterocycles. The van der Waals surface area contributed by atoms with Crippen LogP contribution in [0.15, 0.2) is 45.3 Å². The van der Waals surface area contributed by atoms with Crippen LogP contribution in [-0.4, -0.2) is 28.5 Å². The first kappa shape index (κ1) is 18.9. The molecule has 0 spiro atoms. The fourth-order valence-corrected chi connectivity index (χ4v) is 3.02. The van der Waals surface area contributed by atoms with Crippen molar-refractivity contribution in [2.24, 2.45) is 0 Å². The van der Waals surface area contributed by atoms with E-state index >= 15 is 0 Å². The van der Waals surface area contributed by atoms with Crippen molar-refractivity contribution in [1.29, 1.82) is 0 Å². The zero-order valence-electron chi connectivity index (χ0n) is 12.4. The number of non-ortho nitro benzene ring substituents is 1. The first-order chi connectivity index (χ1) is 11.8. The van der Waals surface area contributed by atoms with Crippen molar-refractivity contribution in [3.8, 4) is 5.75 Å². The summed E-state index contributed by atoms with van der Waals surface area (Å²) in [7, 11) is 0. The molecule has 0 aliphatic heterocycles. The third kappa shape index (κ3) is 5.00. The fraction of sp³-hybridized carbons (Fsp3) is 0.0667. The van der Waals surface area contributed by atoms with Crippen LogP contribution in [0.2, 0.25) is 0 Å². The van der Waals surface area contributed by atoms with E-state index in [4.69, 9.17) is 4.74 Å². The lowest BCUT2D eigenvalue weighted by atomic mass is 10.2. The van der Waals surface area contributed by atoms with Gasteiger partial charge in [-0.3, -0.25) is 14.9 Å². The second-order valence-electron chi connectivity index (χ2n) is 4.71. The summed E-state index contributed by atoms with van der Waals surface area (Å²) in [6, 6.07) is 8.09. The number of aromatic hydroxyl groups is 1. The van der Waals surface area contributed by atoms with Crippen LogP contribution < -0.4 is 5.32 Å². The summed E-state index contributed by atoms with van der Waals surface area (Å²) < 4.78 is 5.69. The number of anilines is 1. The zero-order valence-corrected chi connectivity index (χ0v) is 15.5. The fourth-order valence-electron chi connectivity index (χ4n) is 1.79. The van der Waals surface area contributed by atoms with Gasteiger partial charge in [0.15, 0.2) is 6.61 Å². The number of nitrogens with zero attached hydrogens (tertiary/aromatic N) is 1. The lowest BCUT2D eigenvalue weighted by Crippen LogP contribution is -2.21. The molecule has 0 atom stereocenters. The Labute approximate surface area is 158 Å². The zero-order chi connectivity index (χ0) is 18.6. The van der Waals surface area contributed by atoms with Crippen molar-refractivity contribution >= 4 is 55.1 Å². The first-order valence-electron chi connectivity index (χ1n) is 6.67. The van der Waals surface area contributed by atoms with Gasteiger partial charge in [0, 0.05) is 22.3 Å². The van der Waals surface area contributed by atoms with E-state index in [0.717, 1.165) is 0 Å². The Bertz CT molecular complexity index is 839. The molecule has 10 heteroatoms. The molecule has 0 fully saturated rings. The molecular formula is C15H10Br2N2O6. The maximum Gasteiger partial charge on any atom is 0.342 e. The number of halogens is 2. The maximum atomic E-state index is 12.0. The Balaban J connectivity index is 1.95. The molecule has 2 rings (SSSR count). The molecule has 8 nitrogen and oxygen atoms in total. The molecule has 1 amide bonds. The number of phenolic OH excluding ortho intramolecular Hbond substituents is 1. The van der Waals surface area contributed by atoms with Crippen LogP contribution in [0.25, 0.3) is 0 Å². The summed E-state index contributed by atoms with van der Waals surface area (Å²) in [6.45, 7) is -0.584. The van der Waals surface area contributed by atoms with Crippen LogP contribution >= 0.6 is 31.9 Å². The van der Waals surface area contributed by atoms with Crippen LogP contribution in [0, 0.1) is 10.1 Å². The third-order valence-electron chi connectivity index (χ3n) is 2.94. The number of carbonyl (C=O) groups excluding carboxylic acids is 2. The molecule has 0 aromatic heterocycles. The standard InChI is InChI=1S/C15H10Br2N2O6/c16-8-5-11(14(21)12(17)6-8)15(22)25-7-13(20)18-9-1-3-10(4-2-9)19(23)24/h1-6,21H,7H2,(H,18,20). The number of hydrogen-bond donors (Lipinski definition) is 2. The highest BCUT2D eigenvalue weighted by atomic mass is 79.9. The SMILES string of the molecule is O=C(COC(=O)c1cc(Br)cc(Br)c1O)Nc1ccc([N+](=O)[O-])cc1. The molecule has 0 saturated carbocycles. The molecule has 2 N–H and O–H groups in total. The molecule has 0 radical (unpaired) electrons. The van der Waals surface area contributed by atoms with E-state index in [2.05, 4.69) is 37.2 Å². The van der Waals surface area contributed by atoms with Crippen LogP contribution in [0.3, 0.4) is 0 Å². The molecule has 0 bridgehead atoms. The number of phenols is 1. The predicted molar refractivity (Wildman–Crippen MR) is 95.5 cm³/mol. The lowest BCUT2D eigenvalue weighted by Gasteiger charge is -2.09. The smallest absolute Gasteiger partial charge is 0.342 e. The summed E-state index contributed by atoms with van der Waals surface area (Å²) in [5, 5.41) is 22.8. The quantitative estimate of drug-likeness (QED) is 0.389. The van der Waals surface area contributed by atoms with E-state index in [1.807, 2.05) is 0 Å². The van der Waals surface area contributed by atoms with Crippen molar-refractivity contribution in [3.63, 3.8) is 0 Å². The number of ether oxygens (including phenoxy) is 1. The Morgan fingerprint density at radius 2 is 1.84 bits per heavy atom. The minimum Gasteiger partial charge on any atom is -0.506 e. The van der Waals surface area contributed by atoms with Gasteiger partial charge in [-0.25, -0.2) is 4.79 Å². The molecule has 0 aliphatic carbocycles. The van der Waals surface area contributed by atoms with Gasteiger partial charge in [0.1, 0.15) is 11.3 Å². The average Bonchev–Trinajstić information content (AvgIpc) is 2.56. The van der Waals surface area contributed by atoms with Gasteiger partial charge in [0.25, 0.3) is 11.6 Å². The number of amides is 1. The highest BCUT2D eigenvalue weighted by Crippen LogP contribution is 2.32.